The molecule has 1 atom stereocenters. The van der Waals surface area contributed by atoms with Gasteiger partial charge in [-0.2, -0.15) is 0 Å². The molecular formula is C11H26O4. The minimum Gasteiger partial charge on any atom is -0.394 e. The van der Waals surface area contributed by atoms with E-state index in [9.17, 15) is 0 Å². The molecule has 15 heavy (non-hydrogen) atoms. The second-order valence-electron chi connectivity index (χ2n) is 3.87. The van der Waals surface area contributed by atoms with Gasteiger partial charge in [0.05, 0.1) is 38.1 Å². The van der Waals surface area contributed by atoms with Crippen molar-refractivity contribution in [3.05, 3.63) is 0 Å². The molecule has 0 aromatic carbocycles. The summed E-state index contributed by atoms with van der Waals surface area (Å²) in [5.74, 6) is 0. The third-order valence-electron chi connectivity index (χ3n) is 1.21. The Labute approximate surface area is 93.2 Å². The van der Waals surface area contributed by atoms with Gasteiger partial charge < -0.3 is 19.7 Å². The van der Waals surface area contributed by atoms with E-state index in [-0.39, 0.29) is 24.9 Å². The van der Waals surface area contributed by atoms with Gasteiger partial charge in [-0.25, -0.2) is 0 Å². The van der Waals surface area contributed by atoms with Crippen molar-refractivity contribution in [2.45, 2.75) is 52.9 Å². The average Bonchev–Trinajstić information content (AvgIpc) is 2.12. The SMILES string of the molecule is CC(C)OCCO.CC(O)COC(C)C. The highest BCUT2D eigenvalue weighted by Crippen LogP contribution is 1.89. The van der Waals surface area contributed by atoms with Crippen LogP contribution in [0.5, 0.6) is 0 Å². The van der Waals surface area contributed by atoms with Crippen LogP contribution in [0.15, 0.2) is 0 Å². The molecule has 0 aliphatic rings. The summed E-state index contributed by atoms with van der Waals surface area (Å²) >= 11 is 0. The third-order valence-corrected chi connectivity index (χ3v) is 1.21. The maximum atomic E-state index is 8.68. The molecule has 0 radical (unpaired) electrons. The van der Waals surface area contributed by atoms with Crippen LogP contribution in [-0.4, -0.2) is 48.3 Å². The highest BCUT2D eigenvalue weighted by molar-refractivity contribution is 4.43. The van der Waals surface area contributed by atoms with Crippen molar-refractivity contribution in [1.29, 1.82) is 0 Å². The summed E-state index contributed by atoms with van der Waals surface area (Å²) in [7, 11) is 0. The maximum absolute atomic E-state index is 8.68. The Morgan fingerprint density at radius 1 is 0.933 bits per heavy atom. The predicted octanol–water partition coefficient (Wildman–Crippen LogP) is 1.20. The van der Waals surface area contributed by atoms with E-state index in [1.807, 2.05) is 27.7 Å². The topological polar surface area (TPSA) is 58.9 Å². The minimum atomic E-state index is -0.336. The molecule has 4 nitrogen and oxygen atoms in total. The summed E-state index contributed by atoms with van der Waals surface area (Å²) < 4.78 is 9.99. The smallest absolute Gasteiger partial charge is 0.0745 e. The zero-order valence-electron chi connectivity index (χ0n) is 10.6. The fourth-order valence-electron chi connectivity index (χ4n) is 0.620. The van der Waals surface area contributed by atoms with Crippen molar-refractivity contribution in [2.24, 2.45) is 0 Å². The molecule has 94 valence electrons. The van der Waals surface area contributed by atoms with Crippen LogP contribution in [-0.2, 0) is 9.47 Å². The van der Waals surface area contributed by atoms with E-state index < -0.39 is 0 Å². The molecule has 2 N–H and O–H groups in total. The van der Waals surface area contributed by atoms with Gasteiger partial charge in [0.15, 0.2) is 0 Å². The van der Waals surface area contributed by atoms with Crippen LogP contribution < -0.4 is 0 Å². The lowest BCUT2D eigenvalue weighted by molar-refractivity contribution is 0.0134. The molecule has 0 aliphatic heterocycles. The molecule has 0 bridgehead atoms. The number of ether oxygens (including phenoxy) is 2. The Morgan fingerprint density at radius 2 is 1.40 bits per heavy atom. The molecule has 4 heteroatoms. The van der Waals surface area contributed by atoms with Gasteiger partial charge in [-0.15, -0.1) is 0 Å². The number of hydrogen-bond acceptors (Lipinski definition) is 4. The van der Waals surface area contributed by atoms with Crippen LogP contribution in [0.2, 0.25) is 0 Å². The van der Waals surface area contributed by atoms with Gasteiger partial charge >= 0.3 is 0 Å². The van der Waals surface area contributed by atoms with Crippen molar-refractivity contribution in [3.8, 4) is 0 Å². The van der Waals surface area contributed by atoms with Crippen LogP contribution in [0, 0.1) is 0 Å². The first kappa shape index (κ1) is 17.2. The summed E-state index contributed by atoms with van der Waals surface area (Å²) in [4.78, 5) is 0. The number of aliphatic hydroxyl groups is 2. The largest absolute Gasteiger partial charge is 0.394 e. The molecule has 0 heterocycles. The standard InChI is InChI=1S/C6H14O2.C5H12O2/c1-5(2)8-4-6(3)7;1-5(2)7-4-3-6/h5-7H,4H2,1-3H3;5-6H,3-4H2,1-2H3. The second kappa shape index (κ2) is 11.9. The third kappa shape index (κ3) is 24.8. The molecule has 0 saturated carbocycles. The van der Waals surface area contributed by atoms with E-state index in [2.05, 4.69) is 0 Å². The summed E-state index contributed by atoms with van der Waals surface area (Å²) in [6, 6.07) is 0. The van der Waals surface area contributed by atoms with Crippen molar-refractivity contribution in [2.75, 3.05) is 19.8 Å². The Kier molecular flexibility index (Phi) is 13.7. The van der Waals surface area contributed by atoms with Crippen LogP contribution >= 0.6 is 0 Å². The summed E-state index contributed by atoms with van der Waals surface area (Å²) in [5.41, 5.74) is 0. The molecular weight excluding hydrogens is 196 g/mol. The first-order valence-corrected chi connectivity index (χ1v) is 5.42. The molecule has 1 unspecified atom stereocenters. The second-order valence-corrected chi connectivity index (χ2v) is 3.87. The normalized spacial score (nSPS) is 12.6. The van der Waals surface area contributed by atoms with Crippen molar-refractivity contribution < 1.29 is 19.7 Å². The van der Waals surface area contributed by atoms with Gasteiger partial charge in [0.25, 0.3) is 0 Å². The lowest BCUT2D eigenvalue weighted by Gasteiger charge is -2.07. The van der Waals surface area contributed by atoms with E-state index in [1.54, 1.807) is 6.92 Å². The fraction of sp³-hybridized carbons (Fsp3) is 1.00. The Balaban J connectivity index is 0. The first-order chi connectivity index (χ1) is 6.90. The van der Waals surface area contributed by atoms with Gasteiger partial charge in [-0.1, -0.05) is 0 Å². The van der Waals surface area contributed by atoms with Gasteiger partial charge in [-0.05, 0) is 34.6 Å². The fourth-order valence-corrected chi connectivity index (χ4v) is 0.620. The Hall–Kier alpha value is -0.160. The molecule has 0 spiro atoms. The highest BCUT2D eigenvalue weighted by atomic mass is 16.5. The Morgan fingerprint density at radius 3 is 1.53 bits per heavy atom. The van der Waals surface area contributed by atoms with Gasteiger partial charge in [0, 0.05) is 0 Å². The average molecular weight is 222 g/mol. The monoisotopic (exact) mass is 222 g/mol. The van der Waals surface area contributed by atoms with E-state index in [1.165, 1.54) is 0 Å². The Bertz CT molecular complexity index is 105. The van der Waals surface area contributed by atoms with Crippen LogP contribution in [0.4, 0.5) is 0 Å². The summed E-state index contributed by atoms with van der Waals surface area (Å²) in [6.45, 7) is 10.5. The number of aliphatic hydroxyl groups excluding tert-OH is 2. The van der Waals surface area contributed by atoms with Crippen molar-refractivity contribution >= 4 is 0 Å². The zero-order chi connectivity index (χ0) is 12.3. The minimum absolute atomic E-state index is 0.123. The van der Waals surface area contributed by atoms with Crippen LogP contribution in [0.25, 0.3) is 0 Å². The molecule has 0 amide bonds. The zero-order valence-corrected chi connectivity index (χ0v) is 10.6. The molecule has 0 rings (SSSR count). The van der Waals surface area contributed by atoms with E-state index in [0.29, 0.717) is 13.2 Å². The summed E-state index contributed by atoms with van der Waals surface area (Å²) in [6.07, 6.45) is 0.133. The lowest BCUT2D eigenvalue weighted by Crippen LogP contribution is -2.14. The lowest BCUT2D eigenvalue weighted by atomic mass is 10.4. The van der Waals surface area contributed by atoms with Crippen LogP contribution in [0.1, 0.15) is 34.6 Å². The molecule has 0 aromatic rings. The molecule has 0 saturated heterocycles. The molecule has 0 aromatic heterocycles. The summed E-state index contributed by atoms with van der Waals surface area (Å²) in [5, 5.41) is 16.9. The van der Waals surface area contributed by atoms with Gasteiger partial charge in [0.2, 0.25) is 0 Å². The van der Waals surface area contributed by atoms with Crippen molar-refractivity contribution in [1.82, 2.24) is 0 Å². The first-order valence-electron chi connectivity index (χ1n) is 5.42. The molecule has 0 aliphatic carbocycles. The predicted molar refractivity (Wildman–Crippen MR) is 60.9 cm³/mol. The van der Waals surface area contributed by atoms with Gasteiger partial charge in [-0.3, -0.25) is 0 Å². The van der Waals surface area contributed by atoms with E-state index >= 15 is 0 Å². The number of hydrogen-bond donors (Lipinski definition) is 2. The van der Waals surface area contributed by atoms with Crippen LogP contribution in [0.3, 0.4) is 0 Å². The van der Waals surface area contributed by atoms with E-state index in [4.69, 9.17) is 19.7 Å². The van der Waals surface area contributed by atoms with Crippen molar-refractivity contribution in [3.63, 3.8) is 0 Å². The molecule has 0 fully saturated rings. The van der Waals surface area contributed by atoms with E-state index in [0.717, 1.165) is 0 Å². The maximum Gasteiger partial charge on any atom is 0.0745 e. The highest BCUT2D eigenvalue weighted by Gasteiger charge is 1.96. The number of rotatable bonds is 6. The quantitative estimate of drug-likeness (QED) is 0.709. The van der Waals surface area contributed by atoms with Gasteiger partial charge in [0.1, 0.15) is 0 Å².